The molecule has 3 nitrogen and oxygen atoms in total. The van der Waals surface area contributed by atoms with Gasteiger partial charge in [-0.15, -0.1) is 0 Å². The van der Waals surface area contributed by atoms with Crippen molar-refractivity contribution in [2.45, 2.75) is 38.9 Å². The molecule has 0 unspecified atom stereocenters. The lowest BCUT2D eigenvalue weighted by Crippen LogP contribution is -2.47. The average Bonchev–Trinajstić information content (AvgIpc) is 2.83. The van der Waals surface area contributed by atoms with Gasteiger partial charge in [-0.3, -0.25) is 4.90 Å². The molecule has 1 aliphatic heterocycles. The van der Waals surface area contributed by atoms with Crippen molar-refractivity contribution in [1.29, 1.82) is 0 Å². The van der Waals surface area contributed by atoms with Gasteiger partial charge in [-0.05, 0) is 26.7 Å². The fourth-order valence-corrected chi connectivity index (χ4v) is 2.43. The zero-order valence-electron chi connectivity index (χ0n) is 9.20. The first-order valence-electron chi connectivity index (χ1n) is 5.62. The van der Waals surface area contributed by atoms with Crippen LogP contribution >= 0.6 is 0 Å². The largest absolute Gasteiger partial charge is 0.396 e. The monoisotopic (exact) mass is 199 g/mol. The minimum atomic E-state index is 0.247. The Morgan fingerprint density at radius 3 is 2.29 bits per heavy atom. The summed E-state index contributed by atoms with van der Waals surface area (Å²) in [6.45, 7) is 7.70. The van der Waals surface area contributed by atoms with E-state index < -0.39 is 0 Å². The van der Waals surface area contributed by atoms with Gasteiger partial charge in [-0.25, -0.2) is 0 Å². The van der Waals surface area contributed by atoms with Crippen molar-refractivity contribution in [3.05, 3.63) is 0 Å². The third-order valence-corrected chi connectivity index (χ3v) is 3.35. The molecule has 1 aliphatic carbocycles. The Morgan fingerprint density at radius 1 is 1.29 bits per heavy atom. The van der Waals surface area contributed by atoms with E-state index in [-0.39, 0.29) is 5.41 Å². The molecule has 0 amide bonds. The van der Waals surface area contributed by atoms with Crippen LogP contribution in [0.5, 0.6) is 0 Å². The molecular weight excluding hydrogens is 178 g/mol. The third kappa shape index (κ3) is 2.27. The molecule has 1 saturated carbocycles. The van der Waals surface area contributed by atoms with E-state index in [0.717, 1.165) is 19.6 Å². The number of nitrogens with zero attached hydrogens (tertiary/aromatic N) is 1. The van der Waals surface area contributed by atoms with E-state index >= 15 is 0 Å². The lowest BCUT2D eigenvalue weighted by molar-refractivity contribution is -0.0744. The Labute approximate surface area is 86.0 Å². The average molecular weight is 199 g/mol. The van der Waals surface area contributed by atoms with Crippen LogP contribution in [0.2, 0.25) is 0 Å². The highest BCUT2D eigenvalue weighted by atomic mass is 16.5. The summed E-state index contributed by atoms with van der Waals surface area (Å²) in [7, 11) is 0. The summed E-state index contributed by atoms with van der Waals surface area (Å²) in [6, 6.07) is 0. The fourth-order valence-electron chi connectivity index (χ4n) is 2.43. The number of hydrogen-bond donors (Lipinski definition) is 1. The lowest BCUT2D eigenvalue weighted by Gasteiger charge is -2.37. The number of aliphatic hydroxyl groups excluding tert-OH is 1. The molecule has 2 fully saturated rings. The minimum Gasteiger partial charge on any atom is -0.396 e. The zero-order chi connectivity index (χ0) is 10.2. The number of aliphatic hydroxyl groups is 1. The maximum atomic E-state index is 9.26. The van der Waals surface area contributed by atoms with Crippen LogP contribution in [0.4, 0.5) is 0 Å². The summed E-state index contributed by atoms with van der Waals surface area (Å²) in [5.74, 6) is 0. The quantitative estimate of drug-likeness (QED) is 0.732. The van der Waals surface area contributed by atoms with Crippen LogP contribution < -0.4 is 0 Å². The summed E-state index contributed by atoms with van der Waals surface area (Å²) in [6.07, 6.45) is 3.08. The fraction of sp³-hybridized carbons (Fsp3) is 1.00. The van der Waals surface area contributed by atoms with Crippen molar-refractivity contribution in [3.63, 3.8) is 0 Å². The van der Waals surface area contributed by atoms with Crippen LogP contribution in [0.15, 0.2) is 0 Å². The molecule has 2 atom stereocenters. The number of ether oxygens (including phenoxy) is 1. The predicted octanol–water partition coefficient (Wildman–Crippen LogP) is 0.868. The van der Waals surface area contributed by atoms with Crippen LogP contribution in [-0.4, -0.2) is 48.5 Å². The molecule has 0 aromatic carbocycles. The van der Waals surface area contributed by atoms with Gasteiger partial charge in [0.25, 0.3) is 0 Å². The zero-order valence-corrected chi connectivity index (χ0v) is 9.20. The summed E-state index contributed by atoms with van der Waals surface area (Å²) in [4.78, 5) is 2.45. The summed E-state index contributed by atoms with van der Waals surface area (Å²) < 4.78 is 5.68. The highest BCUT2D eigenvalue weighted by molar-refractivity contribution is 4.95. The molecule has 2 aliphatic rings. The number of morpholine rings is 1. The van der Waals surface area contributed by atoms with Gasteiger partial charge < -0.3 is 9.84 Å². The second kappa shape index (κ2) is 3.80. The Kier molecular flexibility index (Phi) is 2.82. The summed E-state index contributed by atoms with van der Waals surface area (Å²) >= 11 is 0. The van der Waals surface area contributed by atoms with E-state index in [0.29, 0.717) is 18.8 Å². The molecule has 14 heavy (non-hydrogen) atoms. The van der Waals surface area contributed by atoms with Gasteiger partial charge in [0, 0.05) is 31.7 Å². The second-order valence-corrected chi connectivity index (χ2v) is 5.11. The van der Waals surface area contributed by atoms with Gasteiger partial charge in [-0.2, -0.15) is 0 Å². The van der Waals surface area contributed by atoms with Crippen molar-refractivity contribution in [1.82, 2.24) is 4.90 Å². The van der Waals surface area contributed by atoms with Crippen molar-refractivity contribution in [2.75, 3.05) is 26.2 Å². The Balaban J connectivity index is 1.85. The van der Waals surface area contributed by atoms with Crippen LogP contribution in [0, 0.1) is 5.41 Å². The Bertz CT molecular complexity index is 193. The van der Waals surface area contributed by atoms with E-state index in [4.69, 9.17) is 4.74 Å². The smallest absolute Gasteiger partial charge is 0.0678 e. The molecule has 0 bridgehead atoms. The molecule has 3 heteroatoms. The topological polar surface area (TPSA) is 32.7 Å². The number of hydrogen-bond acceptors (Lipinski definition) is 3. The maximum Gasteiger partial charge on any atom is 0.0678 e. The molecule has 2 rings (SSSR count). The SMILES string of the molecule is C[C@@H]1CN(CC2(CO)CC2)C[C@H](C)O1. The van der Waals surface area contributed by atoms with E-state index in [1.807, 2.05) is 0 Å². The predicted molar refractivity (Wildman–Crippen MR) is 55.2 cm³/mol. The molecule has 82 valence electrons. The van der Waals surface area contributed by atoms with Gasteiger partial charge in [-0.1, -0.05) is 0 Å². The molecule has 1 saturated heterocycles. The van der Waals surface area contributed by atoms with E-state index in [1.165, 1.54) is 12.8 Å². The minimum absolute atomic E-state index is 0.247. The lowest BCUT2D eigenvalue weighted by atomic mass is 10.1. The highest BCUT2D eigenvalue weighted by Crippen LogP contribution is 2.45. The van der Waals surface area contributed by atoms with E-state index in [9.17, 15) is 5.11 Å². The maximum absolute atomic E-state index is 9.26. The Hall–Kier alpha value is -0.120. The van der Waals surface area contributed by atoms with Crippen LogP contribution in [0.3, 0.4) is 0 Å². The van der Waals surface area contributed by atoms with Crippen LogP contribution in [-0.2, 0) is 4.74 Å². The van der Waals surface area contributed by atoms with Crippen LogP contribution in [0.25, 0.3) is 0 Å². The van der Waals surface area contributed by atoms with Crippen molar-refractivity contribution in [2.24, 2.45) is 5.41 Å². The van der Waals surface area contributed by atoms with Gasteiger partial charge in [0.05, 0.1) is 12.2 Å². The first-order valence-corrected chi connectivity index (χ1v) is 5.62. The molecule has 0 aromatic rings. The van der Waals surface area contributed by atoms with Gasteiger partial charge >= 0.3 is 0 Å². The van der Waals surface area contributed by atoms with Crippen LogP contribution in [0.1, 0.15) is 26.7 Å². The van der Waals surface area contributed by atoms with Gasteiger partial charge in [0.1, 0.15) is 0 Å². The first kappa shape index (κ1) is 10.4. The molecule has 1 heterocycles. The number of rotatable bonds is 3. The normalized spacial score (nSPS) is 37.1. The summed E-state index contributed by atoms with van der Waals surface area (Å²) in [5, 5.41) is 9.26. The first-order chi connectivity index (χ1) is 6.63. The van der Waals surface area contributed by atoms with E-state index in [2.05, 4.69) is 18.7 Å². The van der Waals surface area contributed by atoms with Gasteiger partial charge in [0.15, 0.2) is 0 Å². The molecular formula is C11H21NO2. The summed E-state index contributed by atoms with van der Waals surface area (Å²) in [5.41, 5.74) is 0.247. The second-order valence-electron chi connectivity index (χ2n) is 5.11. The molecule has 0 spiro atoms. The highest BCUT2D eigenvalue weighted by Gasteiger charge is 2.44. The molecule has 1 N–H and O–H groups in total. The van der Waals surface area contributed by atoms with Crippen molar-refractivity contribution < 1.29 is 9.84 Å². The molecule has 0 aromatic heterocycles. The van der Waals surface area contributed by atoms with Gasteiger partial charge in [0.2, 0.25) is 0 Å². The van der Waals surface area contributed by atoms with Crippen molar-refractivity contribution in [3.8, 4) is 0 Å². The standard InChI is InChI=1S/C11H21NO2/c1-9-5-12(6-10(2)14-9)7-11(8-13)3-4-11/h9-10,13H,3-8H2,1-2H3/t9-,10+. The Morgan fingerprint density at radius 2 is 1.86 bits per heavy atom. The van der Waals surface area contributed by atoms with Crippen molar-refractivity contribution >= 4 is 0 Å². The van der Waals surface area contributed by atoms with E-state index in [1.54, 1.807) is 0 Å². The molecule has 0 radical (unpaired) electrons. The third-order valence-electron chi connectivity index (χ3n) is 3.35.